The van der Waals surface area contributed by atoms with Crippen molar-refractivity contribution in [3.05, 3.63) is 59.7 Å². The van der Waals surface area contributed by atoms with Crippen LogP contribution in [-0.2, 0) is 21.2 Å². The van der Waals surface area contributed by atoms with Gasteiger partial charge in [-0.15, -0.1) is 0 Å². The number of nitrogens with zero attached hydrogens (tertiary/aromatic N) is 3. The second kappa shape index (κ2) is 10.7. The van der Waals surface area contributed by atoms with Crippen molar-refractivity contribution in [3.8, 4) is 0 Å². The first-order chi connectivity index (χ1) is 17.0. The third-order valence-electron chi connectivity index (χ3n) is 7.60. The van der Waals surface area contributed by atoms with Gasteiger partial charge >= 0.3 is 0 Å². The minimum atomic E-state index is -3.74. The van der Waals surface area contributed by atoms with E-state index < -0.39 is 10.0 Å². The molecule has 2 aromatic rings. The van der Waals surface area contributed by atoms with Gasteiger partial charge in [0, 0.05) is 38.3 Å². The number of sulfonamides is 1. The van der Waals surface area contributed by atoms with Crippen LogP contribution in [0.3, 0.4) is 0 Å². The van der Waals surface area contributed by atoms with Gasteiger partial charge in [0.15, 0.2) is 0 Å². The monoisotopic (exact) mass is 497 g/mol. The Morgan fingerprint density at radius 3 is 2.51 bits per heavy atom. The fraction of sp³-hybridized carbons (Fsp3) is 0.519. The van der Waals surface area contributed by atoms with Crippen LogP contribution in [0.1, 0.15) is 41.6 Å². The highest BCUT2D eigenvalue weighted by Gasteiger charge is 2.30. The van der Waals surface area contributed by atoms with Gasteiger partial charge in [0.25, 0.3) is 15.9 Å². The Morgan fingerprint density at radius 2 is 1.71 bits per heavy atom. The first-order valence-corrected chi connectivity index (χ1v) is 14.3. The smallest absolute Gasteiger partial charge is 0.264 e. The first-order valence-electron chi connectivity index (χ1n) is 12.8. The molecule has 3 aliphatic heterocycles. The highest BCUT2D eigenvalue weighted by atomic mass is 32.2. The van der Waals surface area contributed by atoms with Crippen LogP contribution in [0.15, 0.2) is 53.4 Å². The van der Waals surface area contributed by atoms with Gasteiger partial charge in [0.05, 0.1) is 23.8 Å². The van der Waals surface area contributed by atoms with Crippen molar-refractivity contribution in [1.29, 1.82) is 0 Å². The molecule has 2 fully saturated rings. The van der Waals surface area contributed by atoms with E-state index in [2.05, 4.69) is 4.90 Å². The Labute approximate surface area is 208 Å². The van der Waals surface area contributed by atoms with E-state index in [1.807, 2.05) is 29.2 Å². The summed E-state index contributed by atoms with van der Waals surface area (Å²) in [5, 5.41) is 0. The van der Waals surface area contributed by atoms with Crippen molar-refractivity contribution in [2.24, 2.45) is 5.92 Å². The molecule has 0 unspecified atom stereocenters. The zero-order valence-corrected chi connectivity index (χ0v) is 21.1. The average molecular weight is 498 g/mol. The molecule has 3 aliphatic rings. The number of hydrogen-bond donors (Lipinski definition) is 0. The maximum Gasteiger partial charge on any atom is 0.264 e. The maximum atomic E-state index is 13.5. The number of morpholine rings is 1. The van der Waals surface area contributed by atoms with Crippen molar-refractivity contribution in [1.82, 2.24) is 9.80 Å². The Morgan fingerprint density at radius 1 is 0.943 bits per heavy atom. The van der Waals surface area contributed by atoms with Crippen LogP contribution in [0.4, 0.5) is 5.69 Å². The number of piperidine rings is 1. The predicted octanol–water partition coefficient (Wildman–Crippen LogP) is 3.40. The van der Waals surface area contributed by atoms with E-state index in [-0.39, 0.29) is 10.8 Å². The number of aryl methyl sites for hydroxylation is 1. The van der Waals surface area contributed by atoms with E-state index in [1.165, 1.54) is 4.31 Å². The van der Waals surface area contributed by atoms with Crippen molar-refractivity contribution in [3.63, 3.8) is 0 Å². The largest absolute Gasteiger partial charge is 0.379 e. The molecule has 7 nitrogen and oxygen atoms in total. The number of hydrogen-bond acceptors (Lipinski definition) is 5. The summed E-state index contributed by atoms with van der Waals surface area (Å²) in [5.74, 6) is 0.556. The lowest BCUT2D eigenvalue weighted by molar-refractivity contribution is 0.0332. The molecule has 0 atom stereocenters. The molecule has 3 heterocycles. The summed E-state index contributed by atoms with van der Waals surface area (Å²) in [6, 6.07) is 14.2. The van der Waals surface area contributed by atoms with Gasteiger partial charge in [-0.25, -0.2) is 8.42 Å². The lowest BCUT2D eigenvalue weighted by Crippen LogP contribution is -2.41. The maximum absolute atomic E-state index is 13.5. The molecule has 1 amide bonds. The molecule has 0 spiro atoms. The number of likely N-dealkylation sites (tertiary alicyclic amines) is 1. The van der Waals surface area contributed by atoms with Crippen molar-refractivity contribution in [2.75, 3.05) is 56.8 Å². The van der Waals surface area contributed by atoms with Crippen molar-refractivity contribution in [2.45, 2.75) is 37.0 Å². The van der Waals surface area contributed by atoms with Crippen molar-refractivity contribution < 1.29 is 17.9 Å². The van der Waals surface area contributed by atoms with Crippen molar-refractivity contribution >= 4 is 21.6 Å². The molecule has 2 aromatic carbocycles. The summed E-state index contributed by atoms with van der Waals surface area (Å²) >= 11 is 0. The van der Waals surface area contributed by atoms with E-state index >= 15 is 0 Å². The second-order valence-corrected chi connectivity index (χ2v) is 11.7. The Bertz CT molecular complexity index is 1140. The normalized spacial score (nSPS) is 20.0. The number of para-hydroxylation sites is 1. The Kier molecular flexibility index (Phi) is 7.41. The molecule has 0 aliphatic carbocycles. The first kappa shape index (κ1) is 24.3. The fourth-order valence-electron chi connectivity index (χ4n) is 5.46. The summed E-state index contributed by atoms with van der Waals surface area (Å²) in [7, 11) is -3.74. The summed E-state index contributed by atoms with van der Waals surface area (Å²) in [6.07, 6.45) is 4.82. The van der Waals surface area contributed by atoms with Gasteiger partial charge in [-0.1, -0.05) is 24.3 Å². The lowest BCUT2D eigenvalue weighted by atomic mass is 9.93. The summed E-state index contributed by atoms with van der Waals surface area (Å²) in [4.78, 5) is 17.8. The standard InChI is InChI=1S/C27H35N3O4S/c31-27(29-15-11-22(12-16-29)10-14-28-17-19-34-20-18-28)24-6-3-8-25(21-24)35(32,33)30-13-4-7-23-5-1-2-9-26(23)30/h1-3,5-6,8-9,21-22H,4,7,10-20H2. The fourth-order valence-corrected chi connectivity index (χ4v) is 7.05. The summed E-state index contributed by atoms with van der Waals surface area (Å²) in [6.45, 7) is 6.68. The molecule has 5 rings (SSSR count). The summed E-state index contributed by atoms with van der Waals surface area (Å²) in [5.41, 5.74) is 2.24. The molecule has 188 valence electrons. The third kappa shape index (κ3) is 5.39. The topological polar surface area (TPSA) is 70.2 Å². The molecule has 0 radical (unpaired) electrons. The van der Waals surface area contributed by atoms with Gasteiger partial charge in [-0.2, -0.15) is 0 Å². The average Bonchev–Trinajstić information content (AvgIpc) is 2.92. The van der Waals surface area contributed by atoms with Crippen LogP contribution in [0, 0.1) is 5.92 Å². The van der Waals surface area contributed by atoms with Crippen LogP contribution in [-0.4, -0.2) is 76.6 Å². The van der Waals surface area contributed by atoms with Gasteiger partial charge in [0.2, 0.25) is 0 Å². The molecular weight excluding hydrogens is 462 g/mol. The van der Waals surface area contributed by atoms with Crippen LogP contribution < -0.4 is 4.31 Å². The minimum Gasteiger partial charge on any atom is -0.379 e. The number of carbonyl (C=O) groups excluding carboxylic acids is 1. The van der Waals surface area contributed by atoms with Crippen LogP contribution in [0.25, 0.3) is 0 Å². The molecule has 2 saturated heterocycles. The van der Waals surface area contributed by atoms with E-state index in [0.29, 0.717) is 18.0 Å². The highest BCUT2D eigenvalue weighted by molar-refractivity contribution is 7.92. The Balaban J connectivity index is 1.23. The molecule has 8 heteroatoms. The van der Waals surface area contributed by atoms with E-state index in [4.69, 9.17) is 4.74 Å². The number of ether oxygens (including phenoxy) is 1. The minimum absolute atomic E-state index is 0.0762. The van der Waals surface area contributed by atoms with Crippen LogP contribution >= 0.6 is 0 Å². The summed E-state index contributed by atoms with van der Waals surface area (Å²) < 4.78 is 34.0. The molecule has 0 saturated carbocycles. The zero-order chi connectivity index (χ0) is 24.3. The van der Waals surface area contributed by atoms with Crippen LogP contribution in [0.5, 0.6) is 0 Å². The van der Waals surface area contributed by atoms with Gasteiger partial charge in [0.1, 0.15) is 0 Å². The van der Waals surface area contributed by atoms with Gasteiger partial charge in [-0.05, 0) is 74.4 Å². The number of fused-ring (bicyclic) bond motifs is 1. The number of amides is 1. The SMILES string of the molecule is O=C(c1cccc(S(=O)(=O)N2CCCc3ccccc32)c1)N1CCC(CCN2CCOCC2)CC1. The number of benzene rings is 2. The second-order valence-electron chi connectivity index (χ2n) is 9.82. The molecule has 0 bridgehead atoms. The zero-order valence-electron chi connectivity index (χ0n) is 20.3. The molecule has 35 heavy (non-hydrogen) atoms. The number of anilines is 1. The molecule has 0 aromatic heterocycles. The van der Waals surface area contributed by atoms with Gasteiger partial charge in [-0.3, -0.25) is 14.0 Å². The lowest BCUT2D eigenvalue weighted by Gasteiger charge is -2.34. The Hall–Kier alpha value is -2.42. The third-order valence-corrected chi connectivity index (χ3v) is 9.40. The molecule has 0 N–H and O–H groups in total. The quantitative estimate of drug-likeness (QED) is 0.612. The predicted molar refractivity (Wildman–Crippen MR) is 136 cm³/mol. The van der Waals surface area contributed by atoms with Crippen LogP contribution in [0.2, 0.25) is 0 Å². The number of rotatable bonds is 6. The van der Waals surface area contributed by atoms with E-state index in [0.717, 1.165) is 89.3 Å². The van der Waals surface area contributed by atoms with Gasteiger partial charge < -0.3 is 9.64 Å². The van der Waals surface area contributed by atoms with E-state index in [1.54, 1.807) is 24.3 Å². The number of carbonyl (C=O) groups is 1. The highest BCUT2D eigenvalue weighted by Crippen LogP contribution is 2.32. The molecular formula is C27H35N3O4S. The van der Waals surface area contributed by atoms with E-state index in [9.17, 15) is 13.2 Å².